The van der Waals surface area contributed by atoms with Crippen LogP contribution in [0.5, 0.6) is 0 Å². The molecule has 2 aromatic carbocycles. The quantitative estimate of drug-likeness (QED) is 0.714. The molecule has 0 unspecified atom stereocenters. The monoisotopic (exact) mass is 412 g/mol. The van der Waals surface area contributed by atoms with Crippen molar-refractivity contribution in [1.82, 2.24) is 14.2 Å². The van der Waals surface area contributed by atoms with Crippen LogP contribution in [0.15, 0.2) is 53.4 Å². The van der Waals surface area contributed by atoms with Gasteiger partial charge in [-0.05, 0) is 48.5 Å². The Balaban J connectivity index is 1.46. The number of nitrogens with one attached hydrogen (secondary N) is 1. The number of nitrogens with zero attached hydrogens (tertiary/aromatic N) is 3. The van der Waals surface area contributed by atoms with Gasteiger partial charge in [0.15, 0.2) is 0 Å². The zero-order valence-corrected chi connectivity index (χ0v) is 16.1. The lowest BCUT2D eigenvalue weighted by Gasteiger charge is -2.33. The minimum Gasteiger partial charge on any atom is -0.351 e. The maximum Gasteiger partial charge on any atom is 0.270 e. The molecule has 9 heteroatoms. The summed E-state index contributed by atoms with van der Waals surface area (Å²) < 4.78 is 40.2. The third-order valence-electron chi connectivity index (χ3n) is 4.96. The molecule has 2 heterocycles. The van der Waals surface area contributed by atoms with Gasteiger partial charge in [0, 0.05) is 37.1 Å². The number of amides is 1. The summed E-state index contributed by atoms with van der Waals surface area (Å²) in [6, 6.07) is 13.5. The number of hydrogen-bond donors (Lipinski definition) is 1. The highest BCUT2D eigenvalue weighted by Gasteiger charge is 2.30. The molecule has 1 fully saturated rings. The van der Waals surface area contributed by atoms with Crippen LogP contribution in [0.1, 0.15) is 16.1 Å². The summed E-state index contributed by atoms with van der Waals surface area (Å²) in [6.07, 6.45) is 0. The number of H-pyrrole nitrogens is 1. The smallest absolute Gasteiger partial charge is 0.270 e. The van der Waals surface area contributed by atoms with Crippen LogP contribution >= 0.6 is 0 Å². The Morgan fingerprint density at radius 2 is 1.72 bits per heavy atom. The minimum absolute atomic E-state index is 0.119. The van der Waals surface area contributed by atoms with Crippen LogP contribution in [0.25, 0.3) is 10.9 Å². The highest BCUT2D eigenvalue weighted by molar-refractivity contribution is 7.89. The van der Waals surface area contributed by atoms with Crippen LogP contribution in [0, 0.1) is 17.1 Å². The predicted molar refractivity (Wildman–Crippen MR) is 104 cm³/mol. The Bertz CT molecular complexity index is 1220. The van der Waals surface area contributed by atoms with Gasteiger partial charge < -0.3 is 9.88 Å². The van der Waals surface area contributed by atoms with Gasteiger partial charge in [0.2, 0.25) is 10.0 Å². The maximum absolute atomic E-state index is 13.4. The van der Waals surface area contributed by atoms with Gasteiger partial charge in [-0.25, -0.2) is 12.8 Å². The molecule has 0 aliphatic carbocycles. The SMILES string of the molecule is N#Cc1ccc(S(=O)(=O)N2CCN(C(=O)c3cc4cc(F)ccc4[nH]3)CC2)cc1. The molecule has 1 N–H and O–H groups in total. The van der Waals surface area contributed by atoms with Crippen LogP contribution in [-0.4, -0.2) is 54.7 Å². The van der Waals surface area contributed by atoms with E-state index in [1.807, 2.05) is 6.07 Å². The maximum atomic E-state index is 13.4. The minimum atomic E-state index is -3.69. The predicted octanol–water partition coefficient (Wildman–Crippen LogP) is 2.33. The lowest BCUT2D eigenvalue weighted by molar-refractivity contribution is 0.0693. The molecule has 1 aliphatic rings. The average molecular weight is 412 g/mol. The van der Waals surface area contributed by atoms with Gasteiger partial charge in [-0.2, -0.15) is 9.57 Å². The molecule has 0 spiro atoms. The van der Waals surface area contributed by atoms with E-state index in [4.69, 9.17) is 5.26 Å². The molecule has 4 rings (SSSR count). The van der Waals surface area contributed by atoms with Gasteiger partial charge in [0.1, 0.15) is 11.5 Å². The van der Waals surface area contributed by atoms with Crippen molar-refractivity contribution in [2.45, 2.75) is 4.90 Å². The van der Waals surface area contributed by atoms with Crippen molar-refractivity contribution in [2.75, 3.05) is 26.2 Å². The molecule has 1 aliphatic heterocycles. The highest BCUT2D eigenvalue weighted by Crippen LogP contribution is 2.21. The Kier molecular flexibility index (Phi) is 4.82. The van der Waals surface area contributed by atoms with Crippen LogP contribution < -0.4 is 0 Å². The zero-order valence-electron chi connectivity index (χ0n) is 15.3. The molecular formula is C20H17FN4O3S. The van der Waals surface area contributed by atoms with E-state index in [-0.39, 0.29) is 42.8 Å². The van der Waals surface area contributed by atoms with Crippen molar-refractivity contribution in [3.05, 3.63) is 65.6 Å². The largest absolute Gasteiger partial charge is 0.351 e. The molecule has 148 valence electrons. The number of carbonyl (C=O) groups is 1. The van der Waals surface area contributed by atoms with Crippen LogP contribution in [0.2, 0.25) is 0 Å². The second kappa shape index (κ2) is 7.31. The van der Waals surface area contributed by atoms with Gasteiger partial charge in [-0.15, -0.1) is 0 Å². The first kappa shape index (κ1) is 19.1. The first-order chi connectivity index (χ1) is 13.9. The number of rotatable bonds is 3. The number of halogens is 1. The fourth-order valence-corrected chi connectivity index (χ4v) is 4.79. The van der Waals surface area contributed by atoms with Gasteiger partial charge in [0.25, 0.3) is 5.91 Å². The summed E-state index contributed by atoms with van der Waals surface area (Å²) in [5, 5.41) is 9.45. The number of benzene rings is 2. The number of nitriles is 1. The van der Waals surface area contributed by atoms with Crippen molar-refractivity contribution >= 4 is 26.8 Å². The summed E-state index contributed by atoms with van der Waals surface area (Å²) >= 11 is 0. The molecule has 1 amide bonds. The molecule has 3 aromatic rings. The topological polar surface area (TPSA) is 97.3 Å². The Morgan fingerprint density at radius 1 is 1.03 bits per heavy atom. The van der Waals surface area contributed by atoms with E-state index in [0.29, 0.717) is 22.2 Å². The van der Waals surface area contributed by atoms with Gasteiger partial charge in [0.05, 0.1) is 16.5 Å². The fourth-order valence-electron chi connectivity index (χ4n) is 3.37. The van der Waals surface area contributed by atoms with Crippen molar-refractivity contribution < 1.29 is 17.6 Å². The summed E-state index contributed by atoms with van der Waals surface area (Å²) in [5.41, 5.74) is 1.39. The van der Waals surface area contributed by atoms with Crippen molar-refractivity contribution in [3.63, 3.8) is 0 Å². The van der Waals surface area contributed by atoms with Gasteiger partial charge >= 0.3 is 0 Å². The second-order valence-electron chi connectivity index (χ2n) is 6.75. The first-order valence-corrected chi connectivity index (χ1v) is 10.4. The van der Waals surface area contributed by atoms with Gasteiger partial charge in [-0.3, -0.25) is 4.79 Å². The molecule has 0 radical (unpaired) electrons. The Morgan fingerprint density at radius 3 is 2.38 bits per heavy atom. The summed E-state index contributed by atoms with van der Waals surface area (Å²) in [4.78, 5) is 17.4. The number of aromatic nitrogens is 1. The third-order valence-corrected chi connectivity index (χ3v) is 6.87. The summed E-state index contributed by atoms with van der Waals surface area (Å²) in [6.45, 7) is 0.835. The number of aromatic amines is 1. The van der Waals surface area contributed by atoms with Crippen LogP contribution in [0.3, 0.4) is 0 Å². The molecule has 0 saturated carbocycles. The van der Waals surface area contributed by atoms with Crippen molar-refractivity contribution in [1.29, 1.82) is 5.26 Å². The molecule has 0 atom stereocenters. The Hall–Kier alpha value is -3.22. The van der Waals surface area contributed by atoms with Crippen LogP contribution in [-0.2, 0) is 10.0 Å². The highest BCUT2D eigenvalue weighted by atomic mass is 32.2. The molecular weight excluding hydrogens is 395 g/mol. The van der Waals surface area contributed by atoms with Gasteiger partial charge in [-0.1, -0.05) is 0 Å². The second-order valence-corrected chi connectivity index (χ2v) is 8.68. The standard InChI is InChI=1S/C20H17FN4O3S/c21-16-3-6-18-15(11-16)12-19(23-18)20(26)24-7-9-25(10-8-24)29(27,28)17-4-1-14(13-22)2-5-17/h1-6,11-12,23H,7-10H2. The average Bonchev–Trinajstić information content (AvgIpc) is 3.16. The van der Waals surface area contributed by atoms with E-state index in [1.165, 1.54) is 40.7 Å². The van der Waals surface area contributed by atoms with Crippen molar-refractivity contribution in [2.24, 2.45) is 0 Å². The third kappa shape index (κ3) is 3.60. The Labute approximate surface area is 167 Å². The number of piperazine rings is 1. The number of fused-ring (bicyclic) bond motifs is 1. The molecule has 1 saturated heterocycles. The van der Waals surface area contributed by atoms with E-state index in [2.05, 4.69) is 4.98 Å². The molecule has 1 aromatic heterocycles. The van der Waals surface area contributed by atoms with Crippen molar-refractivity contribution in [3.8, 4) is 6.07 Å². The van der Waals surface area contributed by atoms with E-state index >= 15 is 0 Å². The van der Waals surface area contributed by atoms with E-state index in [9.17, 15) is 17.6 Å². The number of hydrogen-bond acceptors (Lipinski definition) is 4. The molecule has 0 bridgehead atoms. The summed E-state index contributed by atoms with van der Waals surface area (Å²) in [7, 11) is -3.69. The van der Waals surface area contributed by atoms with E-state index < -0.39 is 10.0 Å². The lowest BCUT2D eigenvalue weighted by Crippen LogP contribution is -2.50. The normalized spacial score (nSPS) is 15.4. The van der Waals surface area contributed by atoms with E-state index in [0.717, 1.165) is 0 Å². The first-order valence-electron chi connectivity index (χ1n) is 8.96. The number of carbonyl (C=O) groups excluding carboxylic acids is 1. The summed E-state index contributed by atoms with van der Waals surface area (Å²) in [5.74, 6) is -0.630. The number of sulfonamides is 1. The van der Waals surface area contributed by atoms with Crippen LogP contribution in [0.4, 0.5) is 4.39 Å². The zero-order chi connectivity index (χ0) is 20.6. The molecule has 7 nitrogen and oxygen atoms in total. The van der Waals surface area contributed by atoms with E-state index in [1.54, 1.807) is 17.0 Å². The fraction of sp³-hybridized carbons (Fsp3) is 0.200. The molecule has 29 heavy (non-hydrogen) atoms. The lowest BCUT2D eigenvalue weighted by atomic mass is 10.2.